The van der Waals surface area contributed by atoms with Crippen LogP contribution in [0.3, 0.4) is 0 Å². The van der Waals surface area contributed by atoms with Crippen LogP contribution in [0.25, 0.3) is 0 Å². The number of fused-ring (bicyclic) bond motifs is 2. The molecule has 0 amide bonds. The van der Waals surface area contributed by atoms with E-state index in [9.17, 15) is 19.2 Å². The molecule has 2 aromatic rings. The minimum Gasteiger partial charge on any atom is -0.290 e. The second kappa shape index (κ2) is 6.38. The van der Waals surface area contributed by atoms with Crippen molar-refractivity contribution < 1.29 is 19.2 Å². The van der Waals surface area contributed by atoms with Crippen molar-refractivity contribution >= 4 is 23.1 Å². The maximum Gasteiger partial charge on any atom is 0.194 e. The number of rotatable bonds is 0. The molecule has 116 valence electrons. The summed E-state index contributed by atoms with van der Waals surface area (Å²) >= 11 is 0. The summed E-state index contributed by atoms with van der Waals surface area (Å²) in [6.07, 6.45) is 5.01. The Morgan fingerprint density at radius 3 is 0.917 bits per heavy atom. The van der Waals surface area contributed by atoms with Gasteiger partial charge in [-0.1, -0.05) is 48.5 Å². The van der Waals surface area contributed by atoms with Crippen LogP contribution in [-0.4, -0.2) is 23.1 Å². The maximum absolute atomic E-state index is 12.1. The van der Waals surface area contributed by atoms with Gasteiger partial charge >= 0.3 is 0 Å². The Morgan fingerprint density at radius 2 is 0.667 bits per heavy atom. The lowest BCUT2D eigenvalue weighted by Gasteiger charge is -2.16. The van der Waals surface area contributed by atoms with Crippen molar-refractivity contribution in [3.63, 3.8) is 0 Å². The summed E-state index contributed by atoms with van der Waals surface area (Å²) in [6, 6.07) is 13.9. The normalized spacial score (nSPS) is 14.7. The fourth-order valence-corrected chi connectivity index (χ4v) is 2.49. The van der Waals surface area contributed by atoms with E-state index in [2.05, 4.69) is 0 Å². The van der Waals surface area contributed by atoms with E-state index in [0.717, 1.165) is 0 Å². The molecule has 4 heteroatoms. The largest absolute Gasteiger partial charge is 0.290 e. The van der Waals surface area contributed by atoms with E-state index >= 15 is 0 Å². The van der Waals surface area contributed by atoms with E-state index < -0.39 is 0 Å². The first-order valence-corrected chi connectivity index (χ1v) is 7.29. The molecule has 0 bridgehead atoms. The number of carbonyl (C=O) groups is 4. The molecule has 0 saturated carbocycles. The summed E-state index contributed by atoms with van der Waals surface area (Å²) in [7, 11) is 0. The third-order valence-electron chi connectivity index (χ3n) is 3.66. The zero-order chi connectivity index (χ0) is 17.1. The minimum absolute atomic E-state index is 0.0641. The van der Waals surface area contributed by atoms with Crippen LogP contribution in [0.4, 0.5) is 0 Å². The van der Waals surface area contributed by atoms with Gasteiger partial charge in [0.05, 0.1) is 0 Å². The second-order valence-corrected chi connectivity index (χ2v) is 5.22. The fourth-order valence-electron chi connectivity index (χ4n) is 2.49. The van der Waals surface area contributed by atoms with Crippen LogP contribution < -0.4 is 0 Å². The van der Waals surface area contributed by atoms with Crippen LogP contribution >= 0.6 is 0 Å². The SMILES string of the molecule is O=C1C=CC(=O)C=C1.O=C1c2ccccc2C(=O)c2ccccc21. The van der Waals surface area contributed by atoms with Crippen LogP contribution in [-0.2, 0) is 9.59 Å². The van der Waals surface area contributed by atoms with Crippen LogP contribution in [0.2, 0.25) is 0 Å². The molecule has 4 rings (SSSR count). The van der Waals surface area contributed by atoms with Gasteiger partial charge in [0.15, 0.2) is 23.1 Å². The highest BCUT2D eigenvalue weighted by molar-refractivity contribution is 6.28. The predicted molar refractivity (Wildman–Crippen MR) is 88.0 cm³/mol. The van der Waals surface area contributed by atoms with E-state index in [1.54, 1.807) is 48.5 Å². The quantitative estimate of drug-likeness (QED) is 0.598. The Bertz CT molecular complexity index is 789. The van der Waals surface area contributed by atoms with Gasteiger partial charge < -0.3 is 0 Å². The number of hydrogen-bond donors (Lipinski definition) is 0. The van der Waals surface area contributed by atoms with Crippen molar-refractivity contribution in [1.82, 2.24) is 0 Å². The van der Waals surface area contributed by atoms with Crippen molar-refractivity contribution in [3.05, 3.63) is 95.1 Å². The number of allylic oxidation sites excluding steroid dienone is 4. The molecular weight excluding hydrogens is 304 g/mol. The topological polar surface area (TPSA) is 68.3 Å². The highest BCUT2D eigenvalue weighted by Gasteiger charge is 2.28. The first-order chi connectivity index (χ1) is 11.6. The molecule has 0 fully saturated rings. The molecule has 0 spiro atoms. The van der Waals surface area contributed by atoms with Gasteiger partial charge in [-0.3, -0.25) is 19.2 Å². The van der Waals surface area contributed by atoms with Crippen LogP contribution in [0.1, 0.15) is 31.8 Å². The average molecular weight is 316 g/mol. The van der Waals surface area contributed by atoms with Gasteiger partial charge in [0.2, 0.25) is 0 Å². The third kappa shape index (κ3) is 2.90. The molecule has 0 unspecified atom stereocenters. The van der Waals surface area contributed by atoms with Gasteiger partial charge in [-0.2, -0.15) is 0 Å². The Hall–Kier alpha value is -3.40. The van der Waals surface area contributed by atoms with Gasteiger partial charge in [0, 0.05) is 22.3 Å². The number of benzene rings is 2. The second-order valence-electron chi connectivity index (χ2n) is 5.22. The third-order valence-corrected chi connectivity index (χ3v) is 3.66. The Morgan fingerprint density at radius 1 is 0.417 bits per heavy atom. The number of ketones is 4. The predicted octanol–water partition coefficient (Wildman–Crippen LogP) is 2.71. The van der Waals surface area contributed by atoms with Crippen molar-refractivity contribution in [2.24, 2.45) is 0 Å². The smallest absolute Gasteiger partial charge is 0.194 e. The van der Waals surface area contributed by atoms with E-state index in [1.165, 1.54) is 24.3 Å². The van der Waals surface area contributed by atoms with Crippen LogP contribution in [0.5, 0.6) is 0 Å². The Kier molecular flexibility index (Phi) is 4.12. The molecule has 0 radical (unpaired) electrons. The van der Waals surface area contributed by atoms with Crippen molar-refractivity contribution in [2.75, 3.05) is 0 Å². The molecule has 0 aromatic heterocycles. The molecular formula is C20H12O4. The fraction of sp³-hybridized carbons (Fsp3) is 0. The van der Waals surface area contributed by atoms with E-state index in [4.69, 9.17) is 0 Å². The molecule has 2 aliphatic carbocycles. The lowest BCUT2D eigenvalue weighted by molar-refractivity contribution is -0.113. The van der Waals surface area contributed by atoms with E-state index in [0.29, 0.717) is 22.3 Å². The standard InChI is InChI=1S/C14H8O2.C6H4O2/c15-13-9-5-1-2-6-10(9)14(16)12-8-4-3-7-11(12)13;7-5-1-2-6(8)4-3-5/h1-8H;1-4H. The molecule has 0 heterocycles. The zero-order valence-corrected chi connectivity index (χ0v) is 12.6. The highest BCUT2D eigenvalue weighted by Crippen LogP contribution is 2.26. The summed E-state index contributed by atoms with van der Waals surface area (Å²) in [5.41, 5.74) is 2.02. The van der Waals surface area contributed by atoms with E-state index in [1.807, 2.05) is 0 Å². The maximum atomic E-state index is 12.1. The first kappa shape index (κ1) is 15.5. The van der Waals surface area contributed by atoms with Gasteiger partial charge in [0.1, 0.15) is 0 Å². The zero-order valence-electron chi connectivity index (χ0n) is 12.6. The van der Waals surface area contributed by atoms with Gasteiger partial charge in [-0.25, -0.2) is 0 Å². The molecule has 4 nitrogen and oxygen atoms in total. The molecule has 0 atom stereocenters. The summed E-state index contributed by atoms with van der Waals surface area (Å²) in [5, 5.41) is 0. The van der Waals surface area contributed by atoms with Crippen molar-refractivity contribution in [3.8, 4) is 0 Å². The Labute approximate surface area is 138 Å². The highest BCUT2D eigenvalue weighted by atomic mass is 16.1. The lowest BCUT2D eigenvalue weighted by Crippen LogP contribution is -2.20. The number of hydrogen-bond acceptors (Lipinski definition) is 4. The van der Waals surface area contributed by atoms with Crippen molar-refractivity contribution in [2.45, 2.75) is 0 Å². The summed E-state index contributed by atoms with van der Waals surface area (Å²) in [5.74, 6) is -0.370. The summed E-state index contributed by atoms with van der Waals surface area (Å²) < 4.78 is 0. The molecule has 2 aromatic carbocycles. The molecule has 0 aliphatic heterocycles. The molecule has 24 heavy (non-hydrogen) atoms. The molecule has 0 N–H and O–H groups in total. The Balaban J connectivity index is 0.000000179. The van der Waals surface area contributed by atoms with Crippen molar-refractivity contribution in [1.29, 1.82) is 0 Å². The first-order valence-electron chi connectivity index (χ1n) is 7.29. The minimum atomic E-state index is -0.121. The van der Waals surface area contributed by atoms with E-state index in [-0.39, 0.29) is 23.1 Å². The van der Waals surface area contributed by atoms with Crippen LogP contribution in [0, 0.1) is 0 Å². The van der Waals surface area contributed by atoms with Crippen LogP contribution in [0.15, 0.2) is 72.8 Å². The number of carbonyl (C=O) groups excluding carboxylic acids is 4. The summed E-state index contributed by atoms with van der Waals surface area (Å²) in [4.78, 5) is 44.8. The lowest BCUT2D eigenvalue weighted by atomic mass is 9.84. The monoisotopic (exact) mass is 316 g/mol. The van der Waals surface area contributed by atoms with Gasteiger partial charge in [0.25, 0.3) is 0 Å². The molecule has 2 aliphatic rings. The van der Waals surface area contributed by atoms with Gasteiger partial charge in [-0.15, -0.1) is 0 Å². The summed E-state index contributed by atoms with van der Waals surface area (Å²) in [6.45, 7) is 0. The molecule has 0 saturated heterocycles. The average Bonchev–Trinajstić information content (AvgIpc) is 2.63. The van der Waals surface area contributed by atoms with Gasteiger partial charge in [-0.05, 0) is 24.3 Å².